The number of nitrogens with zero attached hydrogens (tertiary/aromatic N) is 3. The Kier molecular flexibility index (Phi) is 3.07. The molecule has 4 heteroatoms. The second kappa shape index (κ2) is 4.88. The fourth-order valence-corrected chi connectivity index (χ4v) is 2.28. The summed E-state index contributed by atoms with van der Waals surface area (Å²) in [7, 11) is 0. The Hall–Kier alpha value is -2.10. The topological polar surface area (TPSA) is 43.9 Å². The van der Waals surface area contributed by atoms with Crippen LogP contribution in [0.3, 0.4) is 0 Å². The van der Waals surface area contributed by atoms with Gasteiger partial charge in [0.05, 0.1) is 6.54 Å². The zero-order valence-corrected chi connectivity index (χ0v) is 11.3. The third-order valence-corrected chi connectivity index (χ3v) is 3.21. The van der Waals surface area contributed by atoms with Crippen LogP contribution in [0.2, 0.25) is 0 Å². The third-order valence-electron chi connectivity index (χ3n) is 3.21. The van der Waals surface area contributed by atoms with Gasteiger partial charge in [-0.05, 0) is 36.9 Å². The molecule has 0 saturated carbocycles. The summed E-state index contributed by atoms with van der Waals surface area (Å²) in [5.74, 6) is 1.46. The molecule has 2 heterocycles. The predicted molar refractivity (Wildman–Crippen MR) is 74.1 cm³/mol. The van der Waals surface area contributed by atoms with Crippen LogP contribution in [0.5, 0.6) is 0 Å². The van der Waals surface area contributed by atoms with Gasteiger partial charge in [0.15, 0.2) is 5.82 Å². The van der Waals surface area contributed by atoms with Crippen molar-refractivity contribution in [2.24, 2.45) is 0 Å². The van der Waals surface area contributed by atoms with E-state index < -0.39 is 0 Å². The second-order valence-corrected chi connectivity index (χ2v) is 4.86. The Bertz CT molecular complexity index is 696. The largest absolute Gasteiger partial charge is 0.340 e. The van der Waals surface area contributed by atoms with E-state index in [1.165, 1.54) is 16.5 Å². The number of benzene rings is 1. The van der Waals surface area contributed by atoms with Crippen molar-refractivity contribution in [2.45, 2.75) is 33.2 Å². The first-order valence-corrected chi connectivity index (χ1v) is 6.63. The molecule has 0 amide bonds. The van der Waals surface area contributed by atoms with Gasteiger partial charge in [0.25, 0.3) is 0 Å². The fraction of sp³-hybridized carbons (Fsp3) is 0.333. The Balaban J connectivity index is 1.88. The van der Waals surface area contributed by atoms with Gasteiger partial charge < -0.3 is 9.09 Å². The fourth-order valence-electron chi connectivity index (χ4n) is 2.28. The van der Waals surface area contributed by atoms with Crippen molar-refractivity contribution in [1.82, 2.24) is 14.7 Å². The molecule has 0 bridgehead atoms. The molecular formula is C15H17N3O. The Morgan fingerprint density at radius 2 is 2.16 bits per heavy atom. The van der Waals surface area contributed by atoms with E-state index in [0.717, 1.165) is 24.6 Å². The highest BCUT2D eigenvalue weighted by Crippen LogP contribution is 2.18. The summed E-state index contributed by atoms with van der Waals surface area (Å²) in [6.07, 6.45) is 3.94. The highest BCUT2D eigenvalue weighted by Gasteiger charge is 2.08. The molecule has 19 heavy (non-hydrogen) atoms. The normalized spacial score (nSPS) is 11.3. The van der Waals surface area contributed by atoms with E-state index >= 15 is 0 Å². The molecule has 0 saturated heterocycles. The molecule has 0 aliphatic rings. The zero-order valence-electron chi connectivity index (χ0n) is 11.3. The van der Waals surface area contributed by atoms with Gasteiger partial charge in [-0.1, -0.05) is 23.7 Å². The van der Waals surface area contributed by atoms with Crippen molar-refractivity contribution in [3.05, 3.63) is 47.7 Å². The summed E-state index contributed by atoms with van der Waals surface area (Å²) in [6.45, 7) is 4.86. The van der Waals surface area contributed by atoms with Gasteiger partial charge in [0, 0.05) is 18.1 Å². The summed E-state index contributed by atoms with van der Waals surface area (Å²) < 4.78 is 7.36. The molecule has 98 valence electrons. The van der Waals surface area contributed by atoms with Crippen molar-refractivity contribution < 1.29 is 4.52 Å². The summed E-state index contributed by atoms with van der Waals surface area (Å²) in [4.78, 5) is 4.40. The molecule has 0 unspecified atom stereocenters. The molecule has 0 radical (unpaired) electrons. The molecular weight excluding hydrogens is 238 g/mol. The quantitative estimate of drug-likeness (QED) is 0.718. The molecule has 0 aliphatic heterocycles. The average molecular weight is 255 g/mol. The van der Waals surface area contributed by atoms with Gasteiger partial charge >= 0.3 is 0 Å². The third kappa shape index (κ3) is 2.38. The number of hydrogen-bond donors (Lipinski definition) is 0. The first kappa shape index (κ1) is 12.0. The lowest BCUT2D eigenvalue weighted by Gasteiger charge is -2.01. The Labute approximate surface area is 112 Å². The molecule has 0 aliphatic carbocycles. The first-order valence-electron chi connectivity index (χ1n) is 6.63. The van der Waals surface area contributed by atoms with E-state index in [2.05, 4.69) is 59.0 Å². The summed E-state index contributed by atoms with van der Waals surface area (Å²) in [5, 5.41) is 5.27. The van der Waals surface area contributed by atoms with E-state index in [1.54, 1.807) is 0 Å². The molecule has 0 atom stereocenters. The average Bonchev–Trinajstić information content (AvgIpc) is 2.98. The standard InChI is InChI=1S/C15H17N3O/c1-3-4-15-16-14(17-19-15)10-18-8-7-12-9-11(2)5-6-13(12)18/h5-9H,3-4,10H2,1-2H3. The van der Waals surface area contributed by atoms with Crippen molar-refractivity contribution in [2.75, 3.05) is 0 Å². The van der Waals surface area contributed by atoms with Crippen LogP contribution in [0.4, 0.5) is 0 Å². The van der Waals surface area contributed by atoms with Gasteiger partial charge in [-0.3, -0.25) is 0 Å². The van der Waals surface area contributed by atoms with Crippen molar-refractivity contribution in [3.63, 3.8) is 0 Å². The van der Waals surface area contributed by atoms with Crippen LogP contribution in [0.1, 0.15) is 30.6 Å². The molecule has 0 spiro atoms. The van der Waals surface area contributed by atoms with E-state index in [-0.39, 0.29) is 0 Å². The van der Waals surface area contributed by atoms with Crippen LogP contribution < -0.4 is 0 Å². The molecule has 0 fully saturated rings. The lowest BCUT2D eigenvalue weighted by atomic mass is 10.2. The smallest absolute Gasteiger partial charge is 0.226 e. The van der Waals surface area contributed by atoms with E-state index in [9.17, 15) is 0 Å². The van der Waals surface area contributed by atoms with Crippen LogP contribution in [-0.4, -0.2) is 14.7 Å². The molecule has 3 rings (SSSR count). The first-order chi connectivity index (χ1) is 9.26. The van der Waals surface area contributed by atoms with Crippen molar-refractivity contribution in [1.29, 1.82) is 0 Å². The van der Waals surface area contributed by atoms with Crippen molar-refractivity contribution in [3.8, 4) is 0 Å². The van der Waals surface area contributed by atoms with E-state index in [0.29, 0.717) is 6.54 Å². The van der Waals surface area contributed by atoms with E-state index in [4.69, 9.17) is 4.52 Å². The van der Waals surface area contributed by atoms with Crippen LogP contribution in [0.15, 0.2) is 35.0 Å². The van der Waals surface area contributed by atoms with Gasteiger partial charge in [-0.15, -0.1) is 0 Å². The second-order valence-electron chi connectivity index (χ2n) is 4.86. The van der Waals surface area contributed by atoms with Crippen molar-refractivity contribution >= 4 is 10.9 Å². The van der Waals surface area contributed by atoms with Gasteiger partial charge in [0.2, 0.25) is 5.89 Å². The summed E-state index contributed by atoms with van der Waals surface area (Å²) in [5.41, 5.74) is 2.47. The maximum atomic E-state index is 5.21. The van der Waals surface area contributed by atoms with Crippen LogP contribution in [-0.2, 0) is 13.0 Å². The van der Waals surface area contributed by atoms with Crippen LogP contribution >= 0.6 is 0 Å². The monoisotopic (exact) mass is 255 g/mol. The maximum Gasteiger partial charge on any atom is 0.226 e. The molecule has 1 aromatic carbocycles. The predicted octanol–water partition coefficient (Wildman–Crippen LogP) is 3.33. The minimum absolute atomic E-state index is 0.653. The zero-order chi connectivity index (χ0) is 13.2. The number of rotatable bonds is 4. The number of fused-ring (bicyclic) bond motifs is 1. The number of aromatic nitrogens is 3. The number of hydrogen-bond acceptors (Lipinski definition) is 3. The minimum atomic E-state index is 0.653. The molecule has 4 nitrogen and oxygen atoms in total. The van der Waals surface area contributed by atoms with Crippen LogP contribution in [0, 0.1) is 6.92 Å². The maximum absolute atomic E-state index is 5.21. The molecule has 0 N–H and O–H groups in total. The Morgan fingerprint density at radius 1 is 1.26 bits per heavy atom. The number of aryl methyl sites for hydroxylation is 2. The van der Waals surface area contributed by atoms with E-state index in [1.807, 2.05) is 0 Å². The van der Waals surface area contributed by atoms with Gasteiger partial charge in [-0.2, -0.15) is 4.98 Å². The minimum Gasteiger partial charge on any atom is -0.340 e. The SMILES string of the molecule is CCCc1nc(Cn2ccc3cc(C)ccc32)no1. The lowest BCUT2D eigenvalue weighted by molar-refractivity contribution is 0.371. The summed E-state index contributed by atoms with van der Waals surface area (Å²) in [6, 6.07) is 8.56. The Morgan fingerprint density at radius 3 is 3.00 bits per heavy atom. The van der Waals surface area contributed by atoms with Gasteiger partial charge in [-0.25, -0.2) is 0 Å². The van der Waals surface area contributed by atoms with Crippen LogP contribution in [0.25, 0.3) is 10.9 Å². The van der Waals surface area contributed by atoms with Gasteiger partial charge in [0.1, 0.15) is 0 Å². The highest BCUT2D eigenvalue weighted by atomic mass is 16.5. The summed E-state index contributed by atoms with van der Waals surface area (Å²) >= 11 is 0. The lowest BCUT2D eigenvalue weighted by Crippen LogP contribution is -2.00. The molecule has 3 aromatic rings. The molecule has 2 aromatic heterocycles. The highest BCUT2D eigenvalue weighted by molar-refractivity contribution is 5.80.